The molecule has 0 saturated carbocycles. The predicted octanol–water partition coefficient (Wildman–Crippen LogP) is 1.44. The smallest absolute Gasteiger partial charge is 0.188 e. The van der Waals surface area contributed by atoms with Crippen LogP contribution in [0.1, 0.15) is 6.92 Å². The average Bonchev–Trinajstić information content (AvgIpc) is 1.81. The molecule has 0 amide bonds. The van der Waals surface area contributed by atoms with E-state index in [-0.39, 0.29) is 6.79 Å². The fraction of sp³-hybridized carbons (Fsp3) is 0.600. The molecule has 0 rings (SSSR count). The van der Waals surface area contributed by atoms with Crippen molar-refractivity contribution in [3.8, 4) is 0 Å². The molecule has 0 unspecified atom stereocenters. The Labute approximate surface area is 47.9 Å². The highest BCUT2D eigenvalue weighted by Gasteiger charge is 1.75. The van der Waals surface area contributed by atoms with Gasteiger partial charge in [-0.15, -0.1) is 0 Å². The summed E-state index contributed by atoms with van der Waals surface area (Å²) in [7, 11) is 0. The zero-order valence-corrected chi connectivity index (χ0v) is 4.76. The van der Waals surface area contributed by atoms with Crippen molar-refractivity contribution in [1.29, 1.82) is 0 Å². The zero-order valence-electron chi connectivity index (χ0n) is 4.76. The molecule has 48 valence electrons. The normalized spacial score (nSPS) is 10.2. The van der Waals surface area contributed by atoms with Gasteiger partial charge in [0.15, 0.2) is 6.79 Å². The summed E-state index contributed by atoms with van der Waals surface area (Å²) in [6, 6.07) is 0. The number of hydrogen-bond donors (Lipinski definition) is 0. The maximum absolute atomic E-state index is 11.1. The van der Waals surface area contributed by atoms with Gasteiger partial charge in [0, 0.05) is 6.61 Å². The molecule has 0 heterocycles. The van der Waals surface area contributed by atoms with Gasteiger partial charge in [-0.2, -0.15) is 0 Å². The second-order valence-electron chi connectivity index (χ2n) is 1.04. The summed E-state index contributed by atoms with van der Waals surface area (Å²) in [5, 5.41) is 0. The molecular formula is C5H9FO2. The molecule has 0 fully saturated rings. The molecule has 0 bridgehead atoms. The van der Waals surface area contributed by atoms with E-state index in [9.17, 15) is 4.39 Å². The topological polar surface area (TPSA) is 18.5 Å². The van der Waals surface area contributed by atoms with Gasteiger partial charge < -0.3 is 9.47 Å². The third-order valence-corrected chi connectivity index (χ3v) is 0.503. The van der Waals surface area contributed by atoms with E-state index in [4.69, 9.17) is 4.74 Å². The van der Waals surface area contributed by atoms with Gasteiger partial charge in [0.2, 0.25) is 0 Å². The van der Waals surface area contributed by atoms with Crippen molar-refractivity contribution in [2.24, 2.45) is 0 Å². The van der Waals surface area contributed by atoms with Gasteiger partial charge in [-0.3, -0.25) is 0 Å². The maximum atomic E-state index is 11.1. The van der Waals surface area contributed by atoms with Crippen LogP contribution in [-0.4, -0.2) is 13.4 Å². The van der Waals surface area contributed by atoms with E-state index >= 15 is 0 Å². The quantitative estimate of drug-likeness (QED) is 0.317. The standard InChI is InChI=1S/C5H9FO2/c1-2-7-5-8-4-3-6/h3-4H,2,5H2,1H3. The molecule has 0 spiro atoms. The van der Waals surface area contributed by atoms with E-state index < -0.39 is 0 Å². The summed E-state index contributed by atoms with van der Waals surface area (Å²) < 4.78 is 20.2. The second kappa shape index (κ2) is 6.43. The van der Waals surface area contributed by atoms with Crippen LogP contribution in [0.4, 0.5) is 4.39 Å². The first kappa shape index (κ1) is 7.43. The van der Waals surface area contributed by atoms with E-state index in [2.05, 4.69) is 4.74 Å². The van der Waals surface area contributed by atoms with Gasteiger partial charge in [0.1, 0.15) is 12.6 Å². The summed E-state index contributed by atoms with van der Waals surface area (Å²) in [5.41, 5.74) is 0. The Hall–Kier alpha value is -0.570. The van der Waals surface area contributed by atoms with Gasteiger partial charge >= 0.3 is 0 Å². The zero-order chi connectivity index (χ0) is 6.24. The molecule has 0 aromatic carbocycles. The van der Waals surface area contributed by atoms with Crippen LogP contribution >= 0.6 is 0 Å². The molecule has 0 aromatic heterocycles. The largest absolute Gasteiger partial charge is 0.473 e. The molecular weight excluding hydrogens is 111 g/mol. The van der Waals surface area contributed by atoms with Gasteiger partial charge in [0.25, 0.3) is 0 Å². The molecule has 0 atom stereocenters. The van der Waals surface area contributed by atoms with Crippen molar-refractivity contribution >= 4 is 0 Å². The van der Waals surface area contributed by atoms with Crippen molar-refractivity contribution in [2.45, 2.75) is 6.92 Å². The first-order valence-electron chi connectivity index (χ1n) is 2.36. The fourth-order valence-electron chi connectivity index (χ4n) is 0.207. The van der Waals surface area contributed by atoms with E-state index in [1.807, 2.05) is 6.92 Å². The van der Waals surface area contributed by atoms with Crippen molar-refractivity contribution < 1.29 is 13.9 Å². The summed E-state index contributed by atoms with van der Waals surface area (Å²) in [6.07, 6.45) is 1.26. The Bertz CT molecular complexity index is 63.4. The van der Waals surface area contributed by atoms with Gasteiger partial charge in [-0.05, 0) is 6.92 Å². The lowest BCUT2D eigenvalue weighted by Crippen LogP contribution is -1.93. The van der Waals surface area contributed by atoms with Crippen LogP contribution in [0.15, 0.2) is 12.6 Å². The van der Waals surface area contributed by atoms with Crippen LogP contribution in [0.25, 0.3) is 0 Å². The highest BCUT2D eigenvalue weighted by molar-refractivity contribution is 4.55. The molecule has 2 nitrogen and oxygen atoms in total. The molecule has 0 N–H and O–H groups in total. The monoisotopic (exact) mass is 120 g/mol. The minimum Gasteiger partial charge on any atom is -0.473 e. The number of rotatable bonds is 4. The average molecular weight is 120 g/mol. The lowest BCUT2D eigenvalue weighted by atomic mass is 10.9. The number of halogens is 1. The molecule has 0 saturated heterocycles. The molecule has 0 aliphatic carbocycles. The number of ether oxygens (including phenoxy) is 2. The summed E-state index contributed by atoms with van der Waals surface area (Å²) in [6.45, 7) is 2.54. The van der Waals surface area contributed by atoms with Gasteiger partial charge in [0.05, 0.1) is 0 Å². The lowest BCUT2D eigenvalue weighted by molar-refractivity contribution is -0.00601. The minimum absolute atomic E-state index is 0.122. The Morgan fingerprint density at radius 3 is 2.88 bits per heavy atom. The van der Waals surface area contributed by atoms with Gasteiger partial charge in [-0.1, -0.05) is 0 Å². The Balaban J connectivity index is 2.72. The molecule has 0 radical (unpaired) electrons. The van der Waals surface area contributed by atoms with Crippen LogP contribution in [0.2, 0.25) is 0 Å². The third kappa shape index (κ3) is 5.43. The summed E-state index contributed by atoms with van der Waals surface area (Å²) >= 11 is 0. The SMILES string of the molecule is CCOCOC=CF. The minimum atomic E-state index is 0.122. The first-order valence-corrected chi connectivity index (χ1v) is 2.36. The highest BCUT2D eigenvalue weighted by Crippen LogP contribution is 1.79. The highest BCUT2D eigenvalue weighted by atomic mass is 19.1. The van der Waals surface area contributed by atoms with Crippen molar-refractivity contribution in [3.05, 3.63) is 12.6 Å². The van der Waals surface area contributed by atoms with Crippen LogP contribution < -0.4 is 0 Å². The van der Waals surface area contributed by atoms with Crippen LogP contribution in [-0.2, 0) is 9.47 Å². The van der Waals surface area contributed by atoms with Crippen LogP contribution in [0.3, 0.4) is 0 Å². The fourth-order valence-corrected chi connectivity index (χ4v) is 0.207. The van der Waals surface area contributed by atoms with E-state index in [0.717, 1.165) is 6.26 Å². The van der Waals surface area contributed by atoms with Crippen molar-refractivity contribution in [3.63, 3.8) is 0 Å². The summed E-state index contributed by atoms with van der Waals surface area (Å²) in [5.74, 6) is 0. The summed E-state index contributed by atoms with van der Waals surface area (Å²) in [4.78, 5) is 0. The van der Waals surface area contributed by atoms with E-state index in [1.165, 1.54) is 0 Å². The Morgan fingerprint density at radius 2 is 2.38 bits per heavy atom. The molecule has 0 aliphatic rings. The third-order valence-electron chi connectivity index (χ3n) is 0.503. The van der Waals surface area contributed by atoms with Gasteiger partial charge in [-0.25, -0.2) is 4.39 Å². The molecule has 3 heteroatoms. The van der Waals surface area contributed by atoms with E-state index in [1.54, 1.807) is 0 Å². The molecule has 8 heavy (non-hydrogen) atoms. The lowest BCUT2D eigenvalue weighted by Gasteiger charge is -1.96. The Morgan fingerprint density at radius 1 is 1.62 bits per heavy atom. The Kier molecular flexibility index (Phi) is 5.97. The van der Waals surface area contributed by atoms with Crippen molar-refractivity contribution in [1.82, 2.24) is 0 Å². The first-order chi connectivity index (χ1) is 3.91. The maximum Gasteiger partial charge on any atom is 0.188 e. The van der Waals surface area contributed by atoms with Crippen LogP contribution in [0.5, 0.6) is 0 Å². The molecule has 0 aromatic rings. The molecule has 0 aliphatic heterocycles. The van der Waals surface area contributed by atoms with Crippen LogP contribution in [0, 0.1) is 0 Å². The predicted molar refractivity (Wildman–Crippen MR) is 27.8 cm³/mol. The van der Waals surface area contributed by atoms with Crippen molar-refractivity contribution in [2.75, 3.05) is 13.4 Å². The van der Waals surface area contributed by atoms with E-state index in [0.29, 0.717) is 12.9 Å². The number of hydrogen-bond acceptors (Lipinski definition) is 2. The second-order valence-corrected chi connectivity index (χ2v) is 1.04.